The highest BCUT2D eigenvalue weighted by Crippen LogP contribution is 2.12. The molecule has 0 radical (unpaired) electrons. The molecule has 414 valence electrons. The maximum atomic E-state index is 11.7. The number of ether oxygens (including phenoxy) is 7. The summed E-state index contributed by atoms with van der Waals surface area (Å²) in [6.45, 7) is 5.54. The van der Waals surface area contributed by atoms with Crippen molar-refractivity contribution < 1.29 is 62.5 Å². The SMILES string of the molecule is COC(=O)CCCCCC/C=C\CCCCCCCCOCC(=O)COCCCCCC(=O)OC.COC(=O)CCCCCC/C=C\CCCCCCCCOCC(O)COCCCCCCO.[2H]PC. The Kier molecular flexibility index (Phi) is 64.6. The second kappa shape index (κ2) is 64.8. The number of aliphatic hydroxyl groups is 2. The first-order chi connectivity index (χ1) is 34.7. The van der Waals surface area contributed by atoms with Crippen molar-refractivity contribution in [2.75, 3.05) is 87.5 Å². The lowest BCUT2D eigenvalue weighted by Crippen LogP contribution is -2.22. The number of Topliss-reactive ketones (excluding diaryl/α,β-unsaturated/α-hetero) is 1. The first kappa shape index (κ1) is 69.8. The van der Waals surface area contributed by atoms with E-state index in [9.17, 15) is 24.3 Å². The minimum Gasteiger partial charge on any atom is -0.469 e. The Bertz CT molecular complexity index is 1180. The molecule has 0 aromatic carbocycles. The third-order valence-electron chi connectivity index (χ3n) is 11.4. The predicted molar refractivity (Wildman–Crippen MR) is 288 cm³/mol. The first-order valence-corrected chi connectivity index (χ1v) is 28.4. The maximum absolute atomic E-state index is 11.7. The molecule has 0 aliphatic heterocycles. The summed E-state index contributed by atoms with van der Waals surface area (Å²) in [6, 6.07) is 0. The van der Waals surface area contributed by atoms with Gasteiger partial charge < -0.3 is 43.4 Å². The van der Waals surface area contributed by atoms with Crippen LogP contribution < -0.4 is 0 Å². The number of carbonyl (C=O) groups is 4. The van der Waals surface area contributed by atoms with E-state index < -0.39 is 6.10 Å². The van der Waals surface area contributed by atoms with E-state index in [1.54, 1.807) is 0 Å². The van der Waals surface area contributed by atoms with Gasteiger partial charge in [-0.3, -0.25) is 19.2 Å². The molecule has 2 atom stereocenters. The van der Waals surface area contributed by atoms with Crippen molar-refractivity contribution in [1.82, 2.24) is 0 Å². The summed E-state index contributed by atoms with van der Waals surface area (Å²) in [5.74, 6) is -0.412. The number of methoxy groups -OCH3 is 3. The van der Waals surface area contributed by atoms with Gasteiger partial charge in [-0.1, -0.05) is 127 Å². The van der Waals surface area contributed by atoms with E-state index in [4.69, 9.17) is 25.3 Å². The fourth-order valence-corrected chi connectivity index (χ4v) is 7.11. The van der Waals surface area contributed by atoms with E-state index in [1.807, 2.05) is 6.66 Å². The van der Waals surface area contributed by atoms with Crippen LogP contribution in [0.3, 0.4) is 0 Å². The summed E-state index contributed by atoms with van der Waals surface area (Å²) in [6.07, 6.45) is 44.5. The maximum Gasteiger partial charge on any atom is 0.305 e. The third kappa shape index (κ3) is 65.8. The highest BCUT2D eigenvalue weighted by molar-refractivity contribution is 7.15. The Balaban J connectivity index is -0.00000123. The van der Waals surface area contributed by atoms with Gasteiger partial charge in [-0.25, -0.2) is 0 Å². The second-order valence-electron chi connectivity index (χ2n) is 17.8. The van der Waals surface area contributed by atoms with Gasteiger partial charge in [0.05, 0.1) is 35.8 Å². The van der Waals surface area contributed by atoms with Gasteiger partial charge in [-0.2, -0.15) is 0 Å². The summed E-state index contributed by atoms with van der Waals surface area (Å²) in [5, 5.41) is 18.5. The second-order valence-corrected chi connectivity index (χ2v) is 17.8. The lowest BCUT2D eigenvalue weighted by atomic mass is 10.1. The predicted octanol–water partition coefficient (Wildman–Crippen LogP) is 12.3. The zero-order chi connectivity index (χ0) is 52.8. The Morgan fingerprint density at radius 2 is 0.686 bits per heavy atom. The number of allylic oxidation sites excluding steroid dienone is 4. The molecule has 0 heterocycles. The fourth-order valence-electron chi connectivity index (χ4n) is 7.11. The van der Waals surface area contributed by atoms with E-state index in [0.717, 1.165) is 109 Å². The highest BCUT2D eigenvalue weighted by Gasteiger charge is 2.06. The topological polar surface area (TPSA) is 173 Å². The minimum absolute atomic E-state index is 0.0221. The number of ketones is 1. The number of unbranched alkanes of at least 4 members (excludes halogenated alkanes) is 25. The van der Waals surface area contributed by atoms with Crippen LogP contribution in [0, 0.1) is 0 Å². The number of aliphatic hydroxyl groups excluding tert-OH is 2. The van der Waals surface area contributed by atoms with Gasteiger partial charge in [0.1, 0.15) is 19.3 Å². The van der Waals surface area contributed by atoms with E-state index in [0.29, 0.717) is 68.1 Å². The van der Waals surface area contributed by atoms with Crippen LogP contribution in [0.4, 0.5) is 0 Å². The normalized spacial score (nSPS) is 11.9. The molecule has 70 heavy (non-hydrogen) atoms. The summed E-state index contributed by atoms with van der Waals surface area (Å²) >= 11 is 0. The van der Waals surface area contributed by atoms with Crippen LogP contribution in [-0.2, 0) is 52.3 Å². The van der Waals surface area contributed by atoms with Crippen molar-refractivity contribution in [1.29, 1.82) is 1.28 Å². The average Bonchev–Trinajstić information content (AvgIpc) is 3.37. The van der Waals surface area contributed by atoms with Crippen molar-refractivity contribution in [3.8, 4) is 0 Å². The molecule has 0 rings (SSSR count). The minimum atomic E-state index is -0.540. The molecular weight excluding hydrogens is 912 g/mol. The lowest BCUT2D eigenvalue weighted by Gasteiger charge is -2.12. The van der Waals surface area contributed by atoms with Crippen LogP contribution in [0.25, 0.3) is 0 Å². The summed E-state index contributed by atoms with van der Waals surface area (Å²) in [5.41, 5.74) is 0. The van der Waals surface area contributed by atoms with Gasteiger partial charge in [0.2, 0.25) is 0 Å². The van der Waals surface area contributed by atoms with E-state index in [-0.39, 0.29) is 43.5 Å². The molecule has 0 bridgehead atoms. The molecule has 0 fully saturated rings. The summed E-state index contributed by atoms with van der Waals surface area (Å²) < 4.78 is 41.9. The van der Waals surface area contributed by atoms with Crippen molar-refractivity contribution in [2.45, 2.75) is 224 Å². The smallest absolute Gasteiger partial charge is 0.305 e. The van der Waals surface area contributed by atoms with E-state index in [2.05, 4.69) is 38.5 Å². The highest BCUT2D eigenvalue weighted by atomic mass is 31.0. The Hall–Kier alpha value is -2.25. The van der Waals surface area contributed by atoms with Gasteiger partial charge in [0, 0.05) is 52.3 Å². The monoisotopic (exact) mass is 1020 g/mol. The lowest BCUT2D eigenvalue weighted by molar-refractivity contribution is -0.141. The summed E-state index contributed by atoms with van der Waals surface area (Å²) in [7, 11) is 4.61. The Morgan fingerprint density at radius 3 is 1.00 bits per heavy atom. The zero-order valence-electron chi connectivity index (χ0n) is 46.2. The van der Waals surface area contributed by atoms with Crippen molar-refractivity contribution in [3.05, 3.63) is 24.3 Å². The largest absolute Gasteiger partial charge is 0.469 e. The number of esters is 3. The van der Waals surface area contributed by atoms with Crippen LogP contribution in [0.2, 0.25) is 0 Å². The third-order valence-corrected chi connectivity index (χ3v) is 11.4. The quantitative estimate of drug-likeness (QED) is 0.0194. The fraction of sp³-hybridized carbons (Fsp3) is 0.857. The van der Waals surface area contributed by atoms with Crippen molar-refractivity contribution in [2.24, 2.45) is 0 Å². The molecule has 0 aromatic heterocycles. The Morgan fingerprint density at radius 1 is 0.429 bits per heavy atom. The average molecular weight is 1020 g/mol. The number of carbonyl (C=O) groups excluding carboxylic acids is 4. The molecule has 0 saturated heterocycles. The first-order valence-electron chi connectivity index (χ1n) is 27.9. The molecule has 0 aromatic rings. The van der Waals surface area contributed by atoms with Gasteiger partial charge in [0.15, 0.2) is 5.78 Å². The van der Waals surface area contributed by atoms with Gasteiger partial charge in [0.25, 0.3) is 0 Å². The number of rotatable bonds is 52. The van der Waals surface area contributed by atoms with Crippen LogP contribution in [0.15, 0.2) is 24.3 Å². The zero-order valence-corrected chi connectivity index (χ0v) is 46.2. The van der Waals surface area contributed by atoms with Gasteiger partial charge >= 0.3 is 17.9 Å². The van der Waals surface area contributed by atoms with Gasteiger partial charge in [-0.15, -0.1) is 9.18 Å². The Labute approximate surface area is 431 Å². The molecule has 0 aliphatic carbocycles. The standard InChI is InChI=1S/C28H50O7.C27H52O6.CH5P/c1-32-27(30)20-16-13-11-9-7-5-3-4-6-8-10-12-14-18-22-34-24-26(29)25-35-23-19-15-17-21-28(31)33-2;1-31-27(30)20-16-12-10-8-6-4-2-3-5-7-9-11-14-18-22-32-24-26(29)25-33-23-19-15-13-17-21-28;1-2/h3,5H,4,6-25H2,1-2H3;2,4,26,28-29H,3,5-25H2,1H3;2H2,1H3/b5-3-;4-2-;/i;;2D. The molecule has 0 amide bonds. The number of hydrogen-bond donors (Lipinski definition) is 2. The van der Waals surface area contributed by atoms with Crippen molar-refractivity contribution >= 4 is 32.9 Å². The molecule has 0 saturated carbocycles. The molecule has 2 N–H and O–H groups in total. The van der Waals surface area contributed by atoms with E-state index in [1.165, 1.54) is 111 Å². The molecule has 2 unspecified atom stereocenters. The van der Waals surface area contributed by atoms with Gasteiger partial charge in [-0.05, 0) is 103 Å². The van der Waals surface area contributed by atoms with Crippen LogP contribution >= 0.6 is 9.18 Å². The van der Waals surface area contributed by atoms with Crippen LogP contribution in [-0.4, -0.2) is 129 Å². The van der Waals surface area contributed by atoms with E-state index >= 15 is 0 Å². The van der Waals surface area contributed by atoms with Crippen LogP contribution in [0.5, 0.6) is 0 Å². The molecule has 13 nitrogen and oxygen atoms in total. The molecule has 0 spiro atoms. The molecule has 14 heteroatoms. The number of hydrogen-bond acceptors (Lipinski definition) is 13. The van der Waals surface area contributed by atoms with Crippen molar-refractivity contribution in [3.63, 3.8) is 0 Å². The molecule has 0 aliphatic rings. The molecular formula is C56H107O13P. The van der Waals surface area contributed by atoms with Crippen LogP contribution in [0.1, 0.15) is 218 Å². The summed E-state index contributed by atoms with van der Waals surface area (Å²) in [4.78, 5) is 44.7.